The minimum atomic E-state index is -4.19. The van der Waals surface area contributed by atoms with Crippen molar-refractivity contribution >= 4 is 5.91 Å². The SMILES string of the molecule is Cc1nc(CC(=O)NC2CCC(F)(CCN3CCc4ccc(CCC(F)(F)F)nc4CC3)CC2)n(C)n1. The number of alkyl halides is 4. The van der Waals surface area contributed by atoms with Gasteiger partial charge >= 0.3 is 6.18 Å². The number of nitrogens with zero attached hydrogens (tertiary/aromatic N) is 5. The molecule has 37 heavy (non-hydrogen) atoms. The van der Waals surface area contributed by atoms with Crippen LogP contribution in [0.25, 0.3) is 0 Å². The predicted octanol–water partition coefficient (Wildman–Crippen LogP) is 3.81. The van der Waals surface area contributed by atoms with Crippen LogP contribution in [-0.4, -0.2) is 68.1 Å². The summed E-state index contributed by atoms with van der Waals surface area (Å²) in [4.78, 5) is 23.4. The summed E-state index contributed by atoms with van der Waals surface area (Å²) in [5.74, 6) is 1.12. The molecule has 1 fully saturated rings. The van der Waals surface area contributed by atoms with Gasteiger partial charge in [-0.3, -0.25) is 14.5 Å². The maximum atomic E-state index is 15.6. The van der Waals surface area contributed by atoms with Gasteiger partial charge in [0.1, 0.15) is 17.3 Å². The van der Waals surface area contributed by atoms with Gasteiger partial charge in [0.15, 0.2) is 0 Å². The van der Waals surface area contributed by atoms with E-state index in [0.717, 1.165) is 30.8 Å². The van der Waals surface area contributed by atoms with E-state index in [1.54, 1.807) is 24.7 Å². The van der Waals surface area contributed by atoms with Gasteiger partial charge < -0.3 is 10.2 Å². The lowest BCUT2D eigenvalue weighted by atomic mass is 9.81. The van der Waals surface area contributed by atoms with Crippen LogP contribution in [-0.2, 0) is 37.5 Å². The number of aromatic nitrogens is 4. The molecule has 4 rings (SSSR count). The van der Waals surface area contributed by atoms with Gasteiger partial charge in [0, 0.05) is 57.0 Å². The molecule has 2 aliphatic rings. The van der Waals surface area contributed by atoms with Crippen molar-refractivity contribution in [3.8, 4) is 0 Å². The first-order chi connectivity index (χ1) is 17.5. The second-order valence-corrected chi connectivity index (χ2v) is 10.5. The van der Waals surface area contributed by atoms with Gasteiger partial charge in [-0.05, 0) is 63.5 Å². The number of carbonyl (C=O) groups is 1. The van der Waals surface area contributed by atoms with Crippen molar-refractivity contribution in [3.05, 3.63) is 40.7 Å². The van der Waals surface area contributed by atoms with Crippen molar-refractivity contribution in [1.29, 1.82) is 0 Å². The van der Waals surface area contributed by atoms with Crippen molar-refractivity contribution in [3.63, 3.8) is 0 Å². The molecule has 0 radical (unpaired) electrons. The first-order valence-electron chi connectivity index (χ1n) is 13.1. The average molecular weight is 525 g/mol. The average Bonchev–Trinajstić information content (AvgIpc) is 3.02. The summed E-state index contributed by atoms with van der Waals surface area (Å²) in [7, 11) is 1.76. The molecule has 0 unspecified atom stereocenters. The van der Waals surface area contributed by atoms with Crippen LogP contribution in [0.3, 0.4) is 0 Å². The topological polar surface area (TPSA) is 75.9 Å². The molecule has 0 atom stereocenters. The molecule has 0 saturated heterocycles. The van der Waals surface area contributed by atoms with Crippen LogP contribution >= 0.6 is 0 Å². The highest BCUT2D eigenvalue weighted by molar-refractivity contribution is 5.78. The Morgan fingerprint density at radius 3 is 2.57 bits per heavy atom. The van der Waals surface area contributed by atoms with Crippen LogP contribution in [0, 0.1) is 6.92 Å². The zero-order valence-corrected chi connectivity index (χ0v) is 21.6. The molecule has 1 N–H and O–H groups in total. The van der Waals surface area contributed by atoms with Gasteiger partial charge in [0.05, 0.1) is 6.42 Å². The summed E-state index contributed by atoms with van der Waals surface area (Å²) in [5.41, 5.74) is 1.16. The Bertz CT molecular complexity index is 1080. The Balaban J connectivity index is 1.20. The first kappa shape index (κ1) is 27.5. The van der Waals surface area contributed by atoms with E-state index in [1.165, 1.54) is 0 Å². The van der Waals surface area contributed by atoms with E-state index in [1.807, 2.05) is 6.07 Å². The van der Waals surface area contributed by atoms with E-state index in [4.69, 9.17) is 0 Å². The molecule has 1 amide bonds. The number of halogens is 4. The highest BCUT2D eigenvalue weighted by atomic mass is 19.4. The zero-order chi connectivity index (χ0) is 26.6. The maximum Gasteiger partial charge on any atom is 0.389 e. The number of nitrogens with one attached hydrogen (secondary N) is 1. The highest BCUT2D eigenvalue weighted by Crippen LogP contribution is 2.35. The van der Waals surface area contributed by atoms with Gasteiger partial charge in [-0.15, -0.1) is 0 Å². The van der Waals surface area contributed by atoms with Gasteiger partial charge in [-0.2, -0.15) is 18.3 Å². The number of aryl methyl sites for hydroxylation is 3. The van der Waals surface area contributed by atoms with E-state index in [-0.39, 0.29) is 24.8 Å². The van der Waals surface area contributed by atoms with E-state index in [2.05, 4.69) is 25.3 Å². The number of carbonyl (C=O) groups excluding carboxylic acids is 1. The van der Waals surface area contributed by atoms with Crippen molar-refractivity contribution in [2.24, 2.45) is 7.05 Å². The van der Waals surface area contributed by atoms with Crippen molar-refractivity contribution in [2.45, 2.75) is 89.0 Å². The fourth-order valence-corrected chi connectivity index (χ4v) is 5.33. The summed E-state index contributed by atoms with van der Waals surface area (Å²) in [6.07, 6.45) is -1.09. The fraction of sp³-hybridized carbons (Fsp3) is 0.692. The molecule has 7 nitrogen and oxygen atoms in total. The second kappa shape index (κ2) is 11.4. The maximum absolute atomic E-state index is 15.6. The Kier molecular flexibility index (Phi) is 8.50. The number of fused-ring (bicyclic) bond motifs is 1. The van der Waals surface area contributed by atoms with Gasteiger partial charge in [-0.1, -0.05) is 6.07 Å². The van der Waals surface area contributed by atoms with Gasteiger partial charge in [0.2, 0.25) is 5.91 Å². The van der Waals surface area contributed by atoms with Gasteiger partial charge in [0.25, 0.3) is 0 Å². The molecule has 0 bridgehead atoms. The van der Waals surface area contributed by atoms with Crippen LogP contribution in [0.2, 0.25) is 0 Å². The number of rotatable bonds is 8. The van der Waals surface area contributed by atoms with Crippen LogP contribution in [0.4, 0.5) is 17.6 Å². The summed E-state index contributed by atoms with van der Waals surface area (Å²) < 4.78 is 54.8. The summed E-state index contributed by atoms with van der Waals surface area (Å²) in [6, 6.07) is 3.56. The molecule has 1 aliphatic heterocycles. The summed E-state index contributed by atoms with van der Waals surface area (Å²) in [5, 5.41) is 7.18. The van der Waals surface area contributed by atoms with E-state index >= 15 is 4.39 Å². The monoisotopic (exact) mass is 524 g/mol. The highest BCUT2D eigenvalue weighted by Gasteiger charge is 2.36. The third-order valence-corrected chi connectivity index (χ3v) is 7.55. The zero-order valence-electron chi connectivity index (χ0n) is 21.6. The summed E-state index contributed by atoms with van der Waals surface area (Å²) in [6.45, 7) is 3.92. The molecule has 204 valence electrons. The Morgan fingerprint density at radius 1 is 1.16 bits per heavy atom. The molecule has 1 saturated carbocycles. The molecular formula is C26H36F4N6O. The lowest BCUT2D eigenvalue weighted by molar-refractivity contribution is -0.134. The third-order valence-electron chi connectivity index (χ3n) is 7.55. The molecule has 11 heteroatoms. The van der Waals surface area contributed by atoms with Crippen molar-refractivity contribution < 1.29 is 22.4 Å². The molecular weight excluding hydrogens is 488 g/mol. The first-order valence-corrected chi connectivity index (χ1v) is 13.1. The Hall–Kier alpha value is -2.56. The molecule has 0 spiro atoms. The van der Waals surface area contributed by atoms with Crippen LogP contribution in [0.5, 0.6) is 0 Å². The fourth-order valence-electron chi connectivity index (χ4n) is 5.33. The van der Waals surface area contributed by atoms with E-state index in [0.29, 0.717) is 62.4 Å². The normalized spacial score (nSPS) is 22.9. The van der Waals surface area contributed by atoms with Crippen molar-refractivity contribution in [2.75, 3.05) is 19.6 Å². The minimum Gasteiger partial charge on any atom is -0.353 e. The second-order valence-electron chi connectivity index (χ2n) is 10.5. The molecule has 2 aromatic rings. The minimum absolute atomic E-state index is 0.0315. The Labute approximate surface area is 215 Å². The van der Waals surface area contributed by atoms with Crippen molar-refractivity contribution in [1.82, 2.24) is 30.0 Å². The largest absolute Gasteiger partial charge is 0.389 e. The number of hydrogen-bond acceptors (Lipinski definition) is 5. The third kappa shape index (κ3) is 7.96. The summed E-state index contributed by atoms with van der Waals surface area (Å²) >= 11 is 0. The lowest BCUT2D eigenvalue weighted by Gasteiger charge is -2.35. The molecule has 1 aliphatic carbocycles. The number of amides is 1. The van der Waals surface area contributed by atoms with Gasteiger partial charge in [-0.25, -0.2) is 9.37 Å². The standard InChI is InChI=1S/C26H36F4N6O/c1-18-31-23(35(2)34-18)17-24(37)33-21-5-10-25(27,11-6-21)13-16-36-14-8-19-3-4-20(7-12-26(28,29)30)32-22(19)9-15-36/h3-4,21H,5-17H2,1-2H3,(H,33,37). The van der Waals surface area contributed by atoms with E-state index in [9.17, 15) is 18.0 Å². The smallest absolute Gasteiger partial charge is 0.353 e. The van der Waals surface area contributed by atoms with Crippen LogP contribution in [0.1, 0.15) is 67.1 Å². The Morgan fingerprint density at radius 2 is 1.89 bits per heavy atom. The molecule has 3 heterocycles. The van der Waals surface area contributed by atoms with Crippen LogP contribution < -0.4 is 5.32 Å². The number of hydrogen-bond donors (Lipinski definition) is 1. The van der Waals surface area contributed by atoms with E-state index < -0.39 is 18.3 Å². The number of pyridine rings is 1. The molecule has 0 aromatic carbocycles. The quantitative estimate of drug-likeness (QED) is 0.532. The predicted molar refractivity (Wildman–Crippen MR) is 131 cm³/mol. The van der Waals surface area contributed by atoms with Crippen LogP contribution in [0.15, 0.2) is 12.1 Å². The molecule has 2 aromatic heterocycles. The lowest BCUT2D eigenvalue weighted by Crippen LogP contribution is -2.43.